The van der Waals surface area contributed by atoms with E-state index >= 15 is 0 Å². The van der Waals surface area contributed by atoms with Crippen molar-refractivity contribution in [2.75, 3.05) is 6.54 Å². The lowest BCUT2D eigenvalue weighted by Crippen LogP contribution is -2.32. The zero-order valence-electron chi connectivity index (χ0n) is 11.2. The van der Waals surface area contributed by atoms with Crippen molar-refractivity contribution in [2.24, 2.45) is 0 Å². The summed E-state index contributed by atoms with van der Waals surface area (Å²) in [6.45, 7) is 5.79. The van der Waals surface area contributed by atoms with Gasteiger partial charge >= 0.3 is 6.09 Å². The van der Waals surface area contributed by atoms with Crippen molar-refractivity contribution in [1.29, 1.82) is 0 Å². The van der Waals surface area contributed by atoms with Crippen LogP contribution in [0.5, 0.6) is 5.75 Å². The largest absolute Gasteiger partial charge is 0.505 e. The Labute approximate surface area is 112 Å². The van der Waals surface area contributed by atoms with Gasteiger partial charge in [0.2, 0.25) is 5.82 Å². The monoisotopic (exact) mass is 263 g/mol. The van der Waals surface area contributed by atoms with E-state index in [4.69, 9.17) is 9.84 Å². The molecule has 0 aliphatic rings. The number of carbonyl (C=O) groups is 1. The number of hydrogen-bond donors (Lipinski definition) is 2. The van der Waals surface area contributed by atoms with Crippen LogP contribution in [0, 0.1) is 11.8 Å². The first-order chi connectivity index (χ1) is 8.87. The van der Waals surface area contributed by atoms with Gasteiger partial charge in [-0.15, -0.1) is 0 Å². The van der Waals surface area contributed by atoms with Crippen LogP contribution in [0.1, 0.15) is 33.0 Å². The van der Waals surface area contributed by atoms with Gasteiger partial charge in [-0.3, -0.25) is 0 Å². The maximum Gasteiger partial charge on any atom is 0.407 e. The van der Waals surface area contributed by atoms with Crippen LogP contribution in [0.25, 0.3) is 0 Å². The Hall–Kier alpha value is -2.29. The highest BCUT2D eigenvalue weighted by atomic mass is 16.6. The third kappa shape index (κ3) is 6.88. The molecule has 0 unspecified atom stereocenters. The zero-order chi connectivity index (χ0) is 14.3. The van der Waals surface area contributed by atoms with E-state index in [1.165, 1.54) is 12.4 Å². The van der Waals surface area contributed by atoms with Crippen LogP contribution in [0.15, 0.2) is 12.4 Å². The summed E-state index contributed by atoms with van der Waals surface area (Å²) in [4.78, 5) is 18.9. The van der Waals surface area contributed by atoms with Gasteiger partial charge in [0.05, 0.1) is 12.4 Å². The molecule has 0 saturated carbocycles. The van der Waals surface area contributed by atoms with E-state index in [0.717, 1.165) is 0 Å². The third-order valence-corrected chi connectivity index (χ3v) is 1.76. The quantitative estimate of drug-likeness (QED) is 0.623. The van der Waals surface area contributed by atoms with E-state index in [2.05, 4.69) is 27.1 Å². The summed E-state index contributed by atoms with van der Waals surface area (Å²) < 4.78 is 5.07. The number of alkyl carbamates (subject to hydrolysis) is 1. The SMILES string of the molecule is CC(C)(C)OC(=O)NCCC#Cc1ncc(O)cn1. The Morgan fingerprint density at radius 3 is 2.63 bits per heavy atom. The smallest absolute Gasteiger partial charge is 0.407 e. The van der Waals surface area contributed by atoms with Gasteiger partial charge in [-0.25, -0.2) is 14.8 Å². The van der Waals surface area contributed by atoms with Gasteiger partial charge in [0, 0.05) is 13.0 Å². The van der Waals surface area contributed by atoms with Crippen LogP contribution < -0.4 is 5.32 Å². The van der Waals surface area contributed by atoms with Crippen LogP contribution in [0.2, 0.25) is 0 Å². The normalized spacial score (nSPS) is 10.3. The molecule has 6 heteroatoms. The number of nitrogens with one attached hydrogen (secondary N) is 1. The molecule has 0 bridgehead atoms. The summed E-state index contributed by atoms with van der Waals surface area (Å²) in [7, 11) is 0. The van der Waals surface area contributed by atoms with Crippen LogP contribution in [0.3, 0.4) is 0 Å². The van der Waals surface area contributed by atoms with Crippen molar-refractivity contribution in [3.8, 4) is 17.6 Å². The molecule has 1 aromatic heterocycles. The Morgan fingerprint density at radius 1 is 1.42 bits per heavy atom. The number of aromatic hydroxyl groups is 1. The van der Waals surface area contributed by atoms with Gasteiger partial charge in [0.15, 0.2) is 5.75 Å². The molecule has 1 rings (SSSR count). The molecule has 0 radical (unpaired) electrons. The molecular weight excluding hydrogens is 246 g/mol. The van der Waals surface area contributed by atoms with Crippen molar-refractivity contribution in [3.63, 3.8) is 0 Å². The van der Waals surface area contributed by atoms with Gasteiger partial charge in [0.1, 0.15) is 5.60 Å². The molecule has 19 heavy (non-hydrogen) atoms. The van der Waals surface area contributed by atoms with E-state index in [-0.39, 0.29) is 5.75 Å². The summed E-state index contributed by atoms with van der Waals surface area (Å²) in [5, 5.41) is 11.6. The second-order valence-corrected chi connectivity index (χ2v) is 4.75. The van der Waals surface area contributed by atoms with Crippen LogP contribution in [-0.4, -0.2) is 33.3 Å². The Morgan fingerprint density at radius 2 is 2.05 bits per heavy atom. The molecule has 1 heterocycles. The number of hydrogen-bond acceptors (Lipinski definition) is 5. The lowest BCUT2D eigenvalue weighted by atomic mass is 10.2. The van der Waals surface area contributed by atoms with Crippen molar-refractivity contribution in [1.82, 2.24) is 15.3 Å². The van der Waals surface area contributed by atoms with Crippen molar-refractivity contribution in [2.45, 2.75) is 32.8 Å². The summed E-state index contributed by atoms with van der Waals surface area (Å²) in [5.74, 6) is 5.86. The molecule has 2 N–H and O–H groups in total. The van der Waals surface area contributed by atoms with Gasteiger partial charge in [-0.2, -0.15) is 0 Å². The fraction of sp³-hybridized carbons (Fsp3) is 0.462. The molecule has 1 aromatic rings. The van der Waals surface area contributed by atoms with Crippen LogP contribution in [-0.2, 0) is 4.74 Å². The Kier molecular flexibility index (Phi) is 5.12. The summed E-state index contributed by atoms with van der Waals surface area (Å²) >= 11 is 0. The minimum atomic E-state index is -0.504. The molecule has 0 aromatic carbocycles. The molecular formula is C13H17N3O3. The lowest BCUT2D eigenvalue weighted by molar-refractivity contribution is 0.0529. The minimum Gasteiger partial charge on any atom is -0.505 e. The standard InChI is InChI=1S/C13H17N3O3/c1-13(2,3)19-12(18)14-7-5-4-6-11-15-8-10(17)9-16-11/h8-9,17H,5,7H2,1-3H3,(H,14,18). The molecule has 0 atom stereocenters. The second-order valence-electron chi connectivity index (χ2n) is 4.75. The number of carbonyl (C=O) groups excluding carboxylic acids is 1. The molecule has 6 nitrogen and oxygen atoms in total. The summed E-state index contributed by atoms with van der Waals surface area (Å²) in [6.07, 6.45) is 2.55. The highest BCUT2D eigenvalue weighted by molar-refractivity contribution is 5.67. The minimum absolute atomic E-state index is 0.00265. The first-order valence-corrected chi connectivity index (χ1v) is 5.83. The maximum atomic E-state index is 11.3. The molecule has 0 aliphatic carbocycles. The maximum absolute atomic E-state index is 11.3. The van der Waals surface area contributed by atoms with Crippen molar-refractivity contribution >= 4 is 6.09 Å². The predicted octanol–water partition coefficient (Wildman–Crippen LogP) is 1.45. The molecule has 0 spiro atoms. The van der Waals surface area contributed by atoms with Gasteiger partial charge in [-0.05, 0) is 26.7 Å². The molecule has 102 valence electrons. The average Bonchev–Trinajstić information content (AvgIpc) is 2.29. The number of rotatable bonds is 2. The topological polar surface area (TPSA) is 84.3 Å². The Balaban J connectivity index is 2.28. The van der Waals surface area contributed by atoms with Gasteiger partial charge in [0.25, 0.3) is 0 Å². The van der Waals surface area contributed by atoms with Crippen molar-refractivity contribution in [3.05, 3.63) is 18.2 Å². The first kappa shape index (κ1) is 14.8. The number of amides is 1. The fourth-order valence-corrected chi connectivity index (χ4v) is 1.07. The zero-order valence-corrected chi connectivity index (χ0v) is 11.2. The third-order valence-electron chi connectivity index (χ3n) is 1.76. The van der Waals surface area contributed by atoms with E-state index in [1.807, 2.05) is 0 Å². The first-order valence-electron chi connectivity index (χ1n) is 5.83. The molecule has 0 saturated heterocycles. The molecule has 0 fully saturated rings. The summed E-state index contributed by atoms with van der Waals surface area (Å²) in [5.41, 5.74) is -0.504. The average molecular weight is 263 g/mol. The lowest BCUT2D eigenvalue weighted by Gasteiger charge is -2.19. The predicted molar refractivity (Wildman–Crippen MR) is 69.4 cm³/mol. The Bertz CT molecular complexity index is 481. The van der Waals surface area contributed by atoms with E-state index in [9.17, 15) is 4.79 Å². The fourth-order valence-electron chi connectivity index (χ4n) is 1.07. The van der Waals surface area contributed by atoms with Crippen molar-refractivity contribution < 1.29 is 14.6 Å². The number of aromatic nitrogens is 2. The molecule has 1 amide bonds. The number of ether oxygens (including phenoxy) is 1. The summed E-state index contributed by atoms with van der Waals surface area (Å²) in [6, 6.07) is 0. The van der Waals surface area contributed by atoms with E-state index in [0.29, 0.717) is 18.8 Å². The highest BCUT2D eigenvalue weighted by Crippen LogP contribution is 2.06. The van der Waals surface area contributed by atoms with Gasteiger partial charge < -0.3 is 15.2 Å². The van der Waals surface area contributed by atoms with Crippen LogP contribution in [0.4, 0.5) is 4.79 Å². The number of nitrogens with zero attached hydrogens (tertiary/aromatic N) is 2. The highest BCUT2D eigenvalue weighted by Gasteiger charge is 2.15. The molecule has 0 aliphatic heterocycles. The second kappa shape index (κ2) is 6.59. The van der Waals surface area contributed by atoms with E-state index in [1.54, 1.807) is 20.8 Å². The van der Waals surface area contributed by atoms with E-state index < -0.39 is 11.7 Å². The van der Waals surface area contributed by atoms with Gasteiger partial charge in [-0.1, -0.05) is 5.92 Å². The van der Waals surface area contributed by atoms with Crippen LogP contribution >= 0.6 is 0 Å².